The van der Waals surface area contributed by atoms with Gasteiger partial charge in [-0.3, -0.25) is 0 Å². The molecular weight excluding hydrogens is 267 g/mol. The molecule has 0 saturated heterocycles. The van der Waals surface area contributed by atoms with Crippen molar-refractivity contribution in [3.05, 3.63) is 15.0 Å². The van der Waals surface area contributed by atoms with E-state index in [1.807, 2.05) is 11.7 Å². The van der Waals surface area contributed by atoms with Gasteiger partial charge < -0.3 is 0 Å². The summed E-state index contributed by atoms with van der Waals surface area (Å²) in [6, 6.07) is 0.0645. The van der Waals surface area contributed by atoms with Crippen molar-refractivity contribution in [1.82, 2.24) is 10.5 Å². The number of halogens is 2. The Hall–Kier alpha value is -0.0000000000000000833. The van der Waals surface area contributed by atoms with Crippen LogP contribution in [-0.4, -0.2) is 11.0 Å². The molecule has 2 nitrogen and oxygen atoms in total. The van der Waals surface area contributed by atoms with Crippen LogP contribution < -0.4 is 5.54 Å². The highest BCUT2D eigenvalue weighted by Crippen LogP contribution is 2.36. The summed E-state index contributed by atoms with van der Waals surface area (Å²) in [4.78, 5) is 4.35. The Morgan fingerprint density at radius 2 is 2.14 bits per heavy atom. The average Bonchev–Trinajstić information content (AvgIpc) is 2.65. The van der Waals surface area contributed by atoms with Crippen LogP contribution in [0.2, 0.25) is 0 Å². The van der Waals surface area contributed by atoms with E-state index in [1.54, 1.807) is 11.3 Å². The molecule has 0 aromatic carbocycles. The van der Waals surface area contributed by atoms with Crippen molar-refractivity contribution >= 4 is 27.3 Å². The van der Waals surface area contributed by atoms with E-state index in [9.17, 15) is 4.48 Å². The van der Waals surface area contributed by atoms with Gasteiger partial charge in [0.25, 0.3) is 0 Å². The van der Waals surface area contributed by atoms with E-state index in [0.29, 0.717) is 5.92 Å². The second-order valence-electron chi connectivity index (χ2n) is 3.66. The van der Waals surface area contributed by atoms with Crippen LogP contribution in [0.4, 0.5) is 4.48 Å². The van der Waals surface area contributed by atoms with Crippen LogP contribution in [0.15, 0.2) is 9.98 Å². The Balaban J connectivity index is 1.95. The third-order valence-electron chi connectivity index (χ3n) is 2.73. The topological polar surface area (TPSA) is 24.9 Å². The molecule has 0 atom stereocenters. The Morgan fingerprint density at radius 3 is 2.64 bits per heavy atom. The number of nitrogens with zero attached hydrogens (tertiary/aromatic N) is 1. The number of thiazole rings is 1. The summed E-state index contributed by atoms with van der Waals surface area (Å²) in [5.41, 5.74) is 1.85. The van der Waals surface area contributed by atoms with Crippen molar-refractivity contribution in [2.45, 2.75) is 37.6 Å². The quantitative estimate of drug-likeness (QED) is 0.839. The molecule has 1 aromatic rings. The van der Waals surface area contributed by atoms with Crippen molar-refractivity contribution in [3.8, 4) is 0 Å². The molecule has 1 fully saturated rings. The summed E-state index contributed by atoms with van der Waals surface area (Å²) in [6.45, 7) is 0. The molecule has 1 saturated carbocycles. The third-order valence-corrected chi connectivity index (χ3v) is 4.36. The summed E-state index contributed by atoms with van der Waals surface area (Å²) < 4.78 is 13.2. The van der Waals surface area contributed by atoms with Crippen molar-refractivity contribution in [1.29, 1.82) is 0 Å². The standard InChI is InChI=1S/C9H12BrFN2S/c10-8-5-12-9(14-8)6-1-3-7(13-11)4-2-6/h5-7,13H,1-4H2. The minimum Gasteiger partial charge on any atom is -0.248 e. The Labute approximate surface area is 95.0 Å². The normalized spacial score (nSPS) is 27.9. The maximum Gasteiger partial charge on any atom is 0.0967 e. The minimum atomic E-state index is 0.0645. The summed E-state index contributed by atoms with van der Waals surface area (Å²) >= 11 is 5.10. The van der Waals surface area contributed by atoms with Crippen LogP contribution in [0.1, 0.15) is 36.6 Å². The van der Waals surface area contributed by atoms with Gasteiger partial charge in [-0.25, -0.2) is 4.98 Å². The lowest BCUT2D eigenvalue weighted by Crippen LogP contribution is -2.26. The summed E-state index contributed by atoms with van der Waals surface area (Å²) in [7, 11) is 0. The molecule has 0 aliphatic heterocycles. The predicted octanol–water partition coefficient (Wildman–Crippen LogP) is 3.41. The van der Waals surface area contributed by atoms with Gasteiger partial charge in [-0.05, 0) is 41.6 Å². The molecule has 1 N–H and O–H groups in total. The lowest BCUT2D eigenvalue weighted by atomic mass is 9.87. The van der Waals surface area contributed by atoms with Gasteiger partial charge in [0.2, 0.25) is 0 Å². The molecule has 78 valence electrons. The maximum absolute atomic E-state index is 12.1. The average molecular weight is 279 g/mol. The van der Waals surface area contributed by atoms with E-state index < -0.39 is 0 Å². The fourth-order valence-electron chi connectivity index (χ4n) is 1.91. The number of hydrogen-bond donors (Lipinski definition) is 1. The van der Waals surface area contributed by atoms with Crippen LogP contribution in [0.5, 0.6) is 0 Å². The lowest BCUT2D eigenvalue weighted by molar-refractivity contribution is 0.216. The van der Waals surface area contributed by atoms with Gasteiger partial charge in [-0.1, -0.05) is 0 Å². The van der Waals surface area contributed by atoms with E-state index in [4.69, 9.17) is 0 Å². The summed E-state index contributed by atoms with van der Waals surface area (Å²) in [5, 5.41) is 1.19. The van der Waals surface area contributed by atoms with Crippen LogP contribution in [0.25, 0.3) is 0 Å². The van der Waals surface area contributed by atoms with Crippen molar-refractivity contribution in [3.63, 3.8) is 0 Å². The van der Waals surface area contributed by atoms with Crippen LogP contribution in [-0.2, 0) is 0 Å². The molecule has 0 unspecified atom stereocenters. The number of aromatic nitrogens is 1. The van der Waals surface area contributed by atoms with Gasteiger partial charge in [-0.2, -0.15) is 5.54 Å². The Morgan fingerprint density at radius 1 is 1.43 bits per heavy atom. The monoisotopic (exact) mass is 278 g/mol. The van der Waals surface area contributed by atoms with Gasteiger partial charge in [0.1, 0.15) is 0 Å². The smallest absolute Gasteiger partial charge is 0.0967 e. The Bertz CT molecular complexity index is 297. The van der Waals surface area contributed by atoms with E-state index in [0.717, 1.165) is 29.5 Å². The fourth-order valence-corrected chi connectivity index (χ4v) is 3.32. The van der Waals surface area contributed by atoms with E-state index >= 15 is 0 Å². The highest BCUT2D eigenvalue weighted by molar-refractivity contribution is 9.11. The summed E-state index contributed by atoms with van der Waals surface area (Å²) in [5.74, 6) is 0.538. The third kappa shape index (κ3) is 2.32. The molecule has 1 aliphatic carbocycles. The zero-order chi connectivity index (χ0) is 9.97. The first kappa shape index (κ1) is 10.5. The zero-order valence-corrected chi connectivity index (χ0v) is 10.1. The molecule has 2 rings (SSSR count). The maximum atomic E-state index is 12.1. The largest absolute Gasteiger partial charge is 0.248 e. The molecule has 1 heterocycles. The predicted molar refractivity (Wildman–Crippen MR) is 59.1 cm³/mol. The molecule has 14 heavy (non-hydrogen) atoms. The molecule has 0 amide bonds. The molecule has 0 radical (unpaired) electrons. The van der Waals surface area contributed by atoms with E-state index in [-0.39, 0.29) is 6.04 Å². The summed E-state index contributed by atoms with van der Waals surface area (Å²) in [6.07, 6.45) is 5.76. The SMILES string of the molecule is FNC1CCC(c2ncc(Br)s2)CC1. The number of hydrogen-bond acceptors (Lipinski definition) is 3. The molecule has 5 heteroatoms. The van der Waals surface area contributed by atoms with Gasteiger partial charge in [-0.15, -0.1) is 15.8 Å². The van der Waals surface area contributed by atoms with Crippen LogP contribution >= 0.6 is 27.3 Å². The molecule has 1 aliphatic rings. The lowest BCUT2D eigenvalue weighted by Gasteiger charge is -2.25. The minimum absolute atomic E-state index is 0.0645. The molecule has 1 aromatic heterocycles. The first-order chi connectivity index (χ1) is 6.79. The van der Waals surface area contributed by atoms with Crippen LogP contribution in [0, 0.1) is 0 Å². The van der Waals surface area contributed by atoms with Crippen molar-refractivity contribution < 1.29 is 4.48 Å². The van der Waals surface area contributed by atoms with Crippen molar-refractivity contribution in [2.24, 2.45) is 0 Å². The van der Waals surface area contributed by atoms with Crippen molar-refractivity contribution in [2.75, 3.05) is 0 Å². The highest BCUT2D eigenvalue weighted by Gasteiger charge is 2.24. The van der Waals surface area contributed by atoms with Gasteiger partial charge in [0.15, 0.2) is 0 Å². The molecule has 0 spiro atoms. The highest BCUT2D eigenvalue weighted by atomic mass is 79.9. The van der Waals surface area contributed by atoms with E-state index in [1.165, 1.54) is 5.01 Å². The zero-order valence-electron chi connectivity index (χ0n) is 7.67. The van der Waals surface area contributed by atoms with Gasteiger partial charge >= 0.3 is 0 Å². The van der Waals surface area contributed by atoms with Gasteiger partial charge in [0, 0.05) is 12.0 Å². The van der Waals surface area contributed by atoms with Gasteiger partial charge in [0.05, 0.1) is 15.0 Å². The number of rotatable bonds is 2. The Kier molecular flexibility index (Phi) is 3.52. The molecular formula is C9H12BrFN2S. The first-order valence-corrected chi connectivity index (χ1v) is 6.38. The fraction of sp³-hybridized carbons (Fsp3) is 0.667. The second-order valence-corrected chi connectivity index (χ2v) is 6.10. The van der Waals surface area contributed by atoms with Crippen LogP contribution in [0.3, 0.4) is 0 Å². The first-order valence-electron chi connectivity index (χ1n) is 4.77. The molecule has 0 bridgehead atoms. The second kappa shape index (κ2) is 4.68. The van der Waals surface area contributed by atoms with E-state index in [2.05, 4.69) is 20.9 Å². The number of nitrogens with one attached hydrogen (secondary N) is 1.